The van der Waals surface area contributed by atoms with Gasteiger partial charge in [0, 0.05) is 6.42 Å². The Morgan fingerprint density at radius 3 is 1.88 bits per heavy atom. The Balaban J connectivity index is 2.96. The summed E-state index contributed by atoms with van der Waals surface area (Å²) in [6.45, 7) is 4.23. The summed E-state index contributed by atoms with van der Waals surface area (Å²) >= 11 is 0. The van der Waals surface area contributed by atoms with Crippen molar-refractivity contribution >= 4 is 31.5 Å². The maximum absolute atomic E-state index is 12.8. The van der Waals surface area contributed by atoms with Crippen LogP contribution < -0.4 is 25.8 Å². The molecule has 0 unspecified atom stereocenters. The third-order valence-corrected chi connectivity index (χ3v) is 4.98. The molecule has 14 heteroatoms. The molecule has 0 heterocycles. The van der Waals surface area contributed by atoms with Crippen molar-refractivity contribution in [3.8, 4) is 5.75 Å². The highest BCUT2D eigenvalue weighted by Crippen LogP contribution is 2.37. The average Bonchev–Trinajstić information content (AvgIpc) is 2.72. The summed E-state index contributed by atoms with van der Waals surface area (Å²) < 4.78 is 15.4. The van der Waals surface area contributed by atoms with Gasteiger partial charge in [0.2, 0.25) is 17.7 Å². The Bertz CT molecular complexity index is 903. The zero-order chi connectivity index (χ0) is 25.3. The fraction of sp³-hybridized carbons (Fsp3) is 0.474. The van der Waals surface area contributed by atoms with Crippen LogP contribution in [0.2, 0.25) is 0 Å². The van der Waals surface area contributed by atoms with Crippen LogP contribution in [-0.4, -0.2) is 69.8 Å². The third-order valence-electron chi connectivity index (χ3n) is 4.53. The van der Waals surface area contributed by atoms with Crippen LogP contribution in [0, 0.1) is 0 Å². The van der Waals surface area contributed by atoms with Crippen molar-refractivity contribution in [3.63, 3.8) is 0 Å². The van der Waals surface area contributed by atoms with Crippen LogP contribution in [0.25, 0.3) is 0 Å². The summed E-state index contributed by atoms with van der Waals surface area (Å²) in [5.74, 6) is -3.20. The van der Waals surface area contributed by atoms with Gasteiger partial charge in [0.1, 0.15) is 23.9 Å². The smallest absolute Gasteiger partial charge is 0.480 e. The molecule has 0 saturated carbocycles. The average molecular weight is 488 g/mol. The van der Waals surface area contributed by atoms with E-state index in [2.05, 4.69) is 25.8 Å². The number of nitrogens with one attached hydrogen (secondary N) is 4. The number of aliphatic carboxylic acids is 1. The van der Waals surface area contributed by atoms with Crippen LogP contribution in [0.15, 0.2) is 24.3 Å². The van der Waals surface area contributed by atoms with Crippen molar-refractivity contribution in [1.82, 2.24) is 21.3 Å². The Hall–Kier alpha value is -2.99. The molecule has 0 saturated heterocycles. The Kier molecular flexibility index (Phi) is 10.5. The first kappa shape index (κ1) is 28.0. The summed E-state index contributed by atoms with van der Waals surface area (Å²) in [6, 6.07) is 1.56. The van der Waals surface area contributed by atoms with Crippen molar-refractivity contribution in [3.05, 3.63) is 29.8 Å². The molecular weight excluding hydrogens is 459 g/mol. The van der Waals surface area contributed by atoms with E-state index in [1.165, 1.54) is 38.1 Å². The Morgan fingerprint density at radius 1 is 0.879 bits per heavy atom. The number of carbonyl (C=O) groups excluding carboxylic acids is 3. The third kappa shape index (κ3) is 10.00. The number of likely N-dealkylation sites (N-methyl/N-ethyl adjacent to an activating group) is 1. The number of amides is 3. The van der Waals surface area contributed by atoms with Gasteiger partial charge in [-0.05, 0) is 45.5 Å². The monoisotopic (exact) mass is 488 g/mol. The number of carbonyl (C=O) groups is 4. The van der Waals surface area contributed by atoms with Crippen molar-refractivity contribution in [2.75, 3.05) is 7.05 Å². The van der Waals surface area contributed by atoms with Gasteiger partial charge in [-0.15, -0.1) is 0 Å². The molecule has 4 atom stereocenters. The molecule has 1 aromatic carbocycles. The molecule has 0 radical (unpaired) electrons. The second kappa shape index (κ2) is 12.3. The van der Waals surface area contributed by atoms with Gasteiger partial charge in [0.15, 0.2) is 0 Å². The van der Waals surface area contributed by atoms with Crippen LogP contribution in [0.1, 0.15) is 26.3 Å². The number of rotatable bonds is 12. The number of carboxylic acid groups (broad SMARTS) is 1. The van der Waals surface area contributed by atoms with E-state index in [-0.39, 0.29) is 12.2 Å². The second-order valence-electron chi connectivity index (χ2n) is 7.30. The summed E-state index contributed by atoms with van der Waals surface area (Å²) in [5, 5.41) is 18.9. The predicted molar refractivity (Wildman–Crippen MR) is 116 cm³/mol. The number of hydrogen-bond donors (Lipinski definition) is 7. The predicted octanol–water partition coefficient (Wildman–Crippen LogP) is -1.11. The van der Waals surface area contributed by atoms with Crippen molar-refractivity contribution in [2.45, 2.75) is 51.4 Å². The molecule has 0 aromatic heterocycles. The van der Waals surface area contributed by atoms with Crippen LogP contribution in [0.5, 0.6) is 5.75 Å². The van der Waals surface area contributed by atoms with Gasteiger partial charge < -0.3 is 30.9 Å². The minimum Gasteiger partial charge on any atom is -0.480 e. The number of benzene rings is 1. The first-order valence-electron chi connectivity index (χ1n) is 9.88. The quantitative estimate of drug-likeness (QED) is 0.177. The van der Waals surface area contributed by atoms with Crippen LogP contribution in [0.3, 0.4) is 0 Å². The minimum atomic E-state index is -4.72. The zero-order valence-electron chi connectivity index (χ0n) is 18.6. The summed E-state index contributed by atoms with van der Waals surface area (Å²) in [7, 11) is -3.16. The van der Waals surface area contributed by atoms with Gasteiger partial charge in [0.05, 0.1) is 6.04 Å². The van der Waals surface area contributed by atoms with Gasteiger partial charge in [-0.3, -0.25) is 29.0 Å². The largest absolute Gasteiger partial charge is 0.524 e. The van der Waals surface area contributed by atoms with E-state index in [9.17, 15) is 23.7 Å². The van der Waals surface area contributed by atoms with Gasteiger partial charge in [-0.25, -0.2) is 4.57 Å². The van der Waals surface area contributed by atoms with E-state index >= 15 is 0 Å². The minimum absolute atomic E-state index is 0.00986. The van der Waals surface area contributed by atoms with E-state index in [0.717, 1.165) is 0 Å². The Labute approximate surface area is 190 Å². The molecule has 0 aliphatic rings. The van der Waals surface area contributed by atoms with Gasteiger partial charge in [0.25, 0.3) is 0 Å². The van der Waals surface area contributed by atoms with E-state index in [4.69, 9.17) is 14.9 Å². The van der Waals surface area contributed by atoms with Crippen molar-refractivity contribution in [1.29, 1.82) is 0 Å². The topological polar surface area (TPSA) is 203 Å². The fourth-order valence-electron chi connectivity index (χ4n) is 2.48. The highest BCUT2D eigenvalue weighted by molar-refractivity contribution is 7.46. The lowest BCUT2D eigenvalue weighted by Gasteiger charge is -2.23. The van der Waals surface area contributed by atoms with E-state index in [0.29, 0.717) is 5.56 Å². The lowest BCUT2D eigenvalue weighted by atomic mass is 10.0. The fourth-order valence-corrected chi connectivity index (χ4v) is 2.87. The first-order valence-corrected chi connectivity index (χ1v) is 11.4. The molecule has 1 aromatic rings. The molecule has 0 spiro atoms. The molecule has 3 amide bonds. The lowest BCUT2D eigenvalue weighted by molar-refractivity contribution is -0.141. The molecule has 1 rings (SSSR count). The van der Waals surface area contributed by atoms with Gasteiger partial charge >= 0.3 is 13.8 Å². The normalized spacial score (nSPS) is 14.8. The van der Waals surface area contributed by atoms with Crippen LogP contribution in [-0.2, 0) is 30.2 Å². The van der Waals surface area contributed by atoms with E-state index in [1.54, 1.807) is 14.0 Å². The maximum atomic E-state index is 12.8. The molecule has 13 nitrogen and oxygen atoms in total. The SMILES string of the molecule is CN[C@@H](C)C(=O)N[C@@H](Cc1ccc(OP(=O)(O)O)cc1)C(=O)N[C@@H](C)C(=O)N[C@@H](C)C(=O)O. The highest BCUT2D eigenvalue weighted by Gasteiger charge is 2.27. The molecule has 0 aliphatic carbocycles. The number of carboxylic acids is 1. The molecule has 33 heavy (non-hydrogen) atoms. The lowest BCUT2D eigenvalue weighted by Crippen LogP contribution is -2.56. The van der Waals surface area contributed by atoms with E-state index < -0.39 is 55.7 Å². The number of phosphoric ester groups is 1. The molecular formula is C19H29N4O9P. The molecule has 0 bridgehead atoms. The molecule has 184 valence electrons. The van der Waals surface area contributed by atoms with Crippen molar-refractivity contribution < 1.29 is 43.2 Å². The molecule has 0 fully saturated rings. The van der Waals surface area contributed by atoms with Gasteiger partial charge in [-0.1, -0.05) is 12.1 Å². The van der Waals surface area contributed by atoms with E-state index in [1.807, 2.05) is 0 Å². The van der Waals surface area contributed by atoms with Crippen LogP contribution in [0.4, 0.5) is 0 Å². The molecule has 0 aliphatic heterocycles. The summed E-state index contributed by atoms with van der Waals surface area (Å²) in [5.41, 5.74) is 0.530. The number of phosphoric acid groups is 1. The maximum Gasteiger partial charge on any atom is 0.524 e. The van der Waals surface area contributed by atoms with Gasteiger partial charge in [-0.2, -0.15) is 0 Å². The zero-order valence-corrected chi connectivity index (χ0v) is 19.5. The summed E-state index contributed by atoms with van der Waals surface area (Å²) in [4.78, 5) is 65.9. The highest BCUT2D eigenvalue weighted by atomic mass is 31.2. The molecule has 7 N–H and O–H groups in total. The number of hydrogen-bond acceptors (Lipinski definition) is 7. The Morgan fingerprint density at radius 2 is 1.39 bits per heavy atom. The summed E-state index contributed by atoms with van der Waals surface area (Å²) in [6.07, 6.45) is -0.00986. The standard InChI is InChI=1S/C19H29N4O9P/c1-10(20-4)16(24)23-15(9-13-5-7-14(8-6-13)32-33(29,30)31)18(26)21-11(2)17(25)22-12(3)19(27)28/h5-8,10-12,15,20H,9H2,1-4H3,(H,21,26)(H,22,25)(H,23,24)(H,27,28)(H2,29,30,31)/t10-,11-,12-,15-/m0/s1. The van der Waals surface area contributed by atoms with Crippen LogP contribution >= 0.6 is 7.82 Å². The van der Waals surface area contributed by atoms with Crippen molar-refractivity contribution in [2.24, 2.45) is 0 Å². The first-order chi connectivity index (χ1) is 15.2. The second-order valence-corrected chi connectivity index (χ2v) is 8.46.